The van der Waals surface area contributed by atoms with E-state index in [0.717, 1.165) is 47.7 Å². The zero-order chi connectivity index (χ0) is 25.2. The minimum Gasteiger partial charge on any atom is -0.496 e. The number of thiol groups is 1. The molecule has 186 valence electrons. The molecule has 2 amide bonds. The molecule has 0 aliphatic rings. The number of nitro benzene ring substituents is 1. The number of aromatic amines is 1. The molecule has 0 radical (unpaired) electrons. The number of rotatable bonds is 13. The summed E-state index contributed by atoms with van der Waals surface area (Å²) in [5.41, 5.74) is 3.15. The molecule has 3 aromatic rings. The molecule has 0 bridgehead atoms. The van der Waals surface area contributed by atoms with E-state index < -0.39 is 4.92 Å². The molecule has 0 saturated carbocycles. The van der Waals surface area contributed by atoms with Crippen LogP contribution in [0.2, 0.25) is 0 Å². The van der Waals surface area contributed by atoms with Gasteiger partial charge in [-0.2, -0.15) is 12.6 Å². The molecule has 0 aliphatic carbocycles. The van der Waals surface area contributed by atoms with E-state index in [4.69, 9.17) is 4.74 Å². The first-order valence-electron chi connectivity index (χ1n) is 11.5. The summed E-state index contributed by atoms with van der Waals surface area (Å²) in [6, 6.07) is 10.1. The van der Waals surface area contributed by atoms with E-state index in [0.29, 0.717) is 30.8 Å². The van der Waals surface area contributed by atoms with Crippen LogP contribution < -0.4 is 15.4 Å². The number of aromatic nitrogens is 1. The van der Waals surface area contributed by atoms with Crippen LogP contribution in [0.3, 0.4) is 0 Å². The van der Waals surface area contributed by atoms with Gasteiger partial charge in [-0.1, -0.05) is 18.9 Å². The van der Waals surface area contributed by atoms with Crippen molar-refractivity contribution in [1.82, 2.24) is 15.6 Å². The Kier molecular flexibility index (Phi) is 9.54. The van der Waals surface area contributed by atoms with Crippen LogP contribution in [0, 0.1) is 10.1 Å². The number of benzene rings is 2. The van der Waals surface area contributed by atoms with Crippen molar-refractivity contribution < 1.29 is 19.2 Å². The third-order valence-corrected chi connectivity index (χ3v) is 6.03. The van der Waals surface area contributed by atoms with E-state index in [1.807, 2.05) is 12.3 Å². The van der Waals surface area contributed by atoms with Crippen LogP contribution in [0.4, 0.5) is 5.69 Å². The van der Waals surface area contributed by atoms with Crippen LogP contribution in [0.25, 0.3) is 10.9 Å². The van der Waals surface area contributed by atoms with E-state index in [2.05, 4.69) is 28.2 Å². The summed E-state index contributed by atoms with van der Waals surface area (Å²) in [6.45, 7) is 1.22. The van der Waals surface area contributed by atoms with Crippen molar-refractivity contribution in [3.05, 3.63) is 69.4 Å². The van der Waals surface area contributed by atoms with Crippen molar-refractivity contribution in [3.63, 3.8) is 0 Å². The number of hydrogen-bond acceptors (Lipinski definition) is 6. The zero-order valence-corrected chi connectivity index (χ0v) is 20.5. The quantitative estimate of drug-likeness (QED) is 0.123. The normalized spacial score (nSPS) is 10.8. The lowest BCUT2D eigenvalue weighted by Crippen LogP contribution is -2.25. The average molecular weight is 499 g/mol. The third-order valence-electron chi connectivity index (χ3n) is 5.75. The number of nitro groups is 1. The molecule has 0 unspecified atom stereocenters. The zero-order valence-electron chi connectivity index (χ0n) is 19.6. The van der Waals surface area contributed by atoms with Gasteiger partial charge in [-0.15, -0.1) is 0 Å². The Morgan fingerprint density at radius 1 is 1.03 bits per heavy atom. The van der Waals surface area contributed by atoms with E-state index in [1.165, 1.54) is 6.07 Å². The first-order valence-corrected chi connectivity index (χ1v) is 12.1. The van der Waals surface area contributed by atoms with Gasteiger partial charge in [0.2, 0.25) is 5.91 Å². The fourth-order valence-corrected chi connectivity index (χ4v) is 3.97. The smallest absolute Gasteiger partial charge is 0.270 e. The van der Waals surface area contributed by atoms with E-state index >= 15 is 0 Å². The molecule has 0 aliphatic heterocycles. The summed E-state index contributed by atoms with van der Waals surface area (Å²) in [4.78, 5) is 37.6. The maximum absolute atomic E-state index is 12.6. The molecule has 0 atom stereocenters. The van der Waals surface area contributed by atoms with Crippen LogP contribution in [-0.4, -0.2) is 47.7 Å². The monoisotopic (exact) mass is 498 g/mol. The van der Waals surface area contributed by atoms with Gasteiger partial charge in [0.1, 0.15) is 5.75 Å². The Morgan fingerprint density at radius 3 is 2.46 bits per heavy atom. The molecule has 0 spiro atoms. The number of ether oxygens (including phenoxy) is 1. The molecule has 9 nitrogen and oxygen atoms in total. The van der Waals surface area contributed by atoms with Crippen LogP contribution in [0.5, 0.6) is 5.75 Å². The van der Waals surface area contributed by atoms with Gasteiger partial charge in [-0.25, -0.2) is 0 Å². The van der Waals surface area contributed by atoms with Gasteiger partial charge in [0, 0.05) is 54.3 Å². The number of amides is 2. The predicted octanol–water partition coefficient (Wildman–Crippen LogP) is 4.01. The summed E-state index contributed by atoms with van der Waals surface area (Å²) in [5.74, 6) is 0.554. The lowest BCUT2D eigenvalue weighted by molar-refractivity contribution is -0.384. The Hall–Kier alpha value is -3.53. The van der Waals surface area contributed by atoms with Crippen molar-refractivity contribution >= 4 is 41.0 Å². The molecule has 0 saturated heterocycles. The minimum atomic E-state index is -0.408. The molecule has 3 rings (SSSR count). The number of unbranched alkanes of at least 4 members (excludes halogenated alkanes) is 3. The molecule has 3 N–H and O–H groups in total. The van der Waals surface area contributed by atoms with Crippen LogP contribution in [0.1, 0.15) is 47.2 Å². The fraction of sp³-hybridized carbons (Fsp3) is 0.360. The highest BCUT2D eigenvalue weighted by molar-refractivity contribution is 7.81. The van der Waals surface area contributed by atoms with Gasteiger partial charge in [-0.05, 0) is 42.2 Å². The maximum atomic E-state index is 12.6. The third kappa shape index (κ3) is 7.22. The maximum Gasteiger partial charge on any atom is 0.270 e. The molecule has 1 aromatic heterocycles. The minimum absolute atomic E-state index is 0.0394. The summed E-state index contributed by atoms with van der Waals surface area (Å²) in [5, 5.41) is 17.6. The number of hydrogen-bond donors (Lipinski definition) is 4. The number of nitrogens with one attached hydrogen (secondary N) is 3. The van der Waals surface area contributed by atoms with Gasteiger partial charge >= 0.3 is 0 Å². The average Bonchev–Trinajstić information content (AvgIpc) is 3.27. The number of methoxy groups -OCH3 is 1. The van der Waals surface area contributed by atoms with Gasteiger partial charge in [0.15, 0.2) is 0 Å². The molecule has 2 aromatic carbocycles. The topological polar surface area (TPSA) is 126 Å². The van der Waals surface area contributed by atoms with Crippen molar-refractivity contribution in [2.45, 2.75) is 32.1 Å². The van der Waals surface area contributed by atoms with E-state index in [9.17, 15) is 19.7 Å². The standard InChI is InChI=1S/C25H30N4O5S/c1-34-23-13-18(25(31)27-11-5-3-2-4-10-26-24(30)16-35)7-6-17(23)12-19-15-28-22-9-8-20(29(32)33)14-21(19)22/h6-9,13-15,28,35H,2-5,10-12,16H2,1H3,(H,26,30)(H,27,31). The van der Waals surface area contributed by atoms with Gasteiger partial charge in [-0.3, -0.25) is 19.7 Å². The summed E-state index contributed by atoms with van der Waals surface area (Å²) in [6.07, 6.45) is 6.03. The Bertz CT molecular complexity index is 1190. The van der Waals surface area contributed by atoms with Gasteiger partial charge in [0.05, 0.1) is 17.8 Å². The highest BCUT2D eigenvalue weighted by atomic mass is 32.1. The van der Waals surface area contributed by atoms with Crippen LogP contribution >= 0.6 is 12.6 Å². The second-order valence-corrected chi connectivity index (χ2v) is 8.50. The Labute approximate surface area is 209 Å². The van der Waals surface area contributed by atoms with Crippen molar-refractivity contribution in [2.75, 3.05) is 26.0 Å². The number of nitrogens with zero attached hydrogens (tertiary/aromatic N) is 1. The highest BCUT2D eigenvalue weighted by Gasteiger charge is 2.14. The van der Waals surface area contributed by atoms with E-state index in [1.54, 1.807) is 31.4 Å². The molecule has 1 heterocycles. The molecular formula is C25H30N4O5S. The molecular weight excluding hydrogens is 468 g/mol. The largest absolute Gasteiger partial charge is 0.496 e. The molecule has 0 fully saturated rings. The lowest BCUT2D eigenvalue weighted by atomic mass is 10.0. The summed E-state index contributed by atoms with van der Waals surface area (Å²) >= 11 is 3.91. The number of carbonyl (C=O) groups excluding carboxylic acids is 2. The Balaban J connectivity index is 1.54. The lowest BCUT2D eigenvalue weighted by Gasteiger charge is -2.11. The van der Waals surface area contributed by atoms with Crippen molar-refractivity contribution in [1.29, 1.82) is 0 Å². The van der Waals surface area contributed by atoms with Crippen molar-refractivity contribution in [3.8, 4) is 5.75 Å². The second kappa shape index (κ2) is 12.8. The predicted molar refractivity (Wildman–Crippen MR) is 138 cm³/mol. The second-order valence-electron chi connectivity index (χ2n) is 8.18. The number of H-pyrrole nitrogens is 1. The molecule has 35 heavy (non-hydrogen) atoms. The van der Waals surface area contributed by atoms with Crippen LogP contribution in [0.15, 0.2) is 42.6 Å². The summed E-state index contributed by atoms with van der Waals surface area (Å²) < 4.78 is 5.53. The number of carbonyl (C=O) groups is 2. The van der Waals surface area contributed by atoms with Gasteiger partial charge in [0.25, 0.3) is 11.6 Å². The summed E-state index contributed by atoms with van der Waals surface area (Å²) in [7, 11) is 1.55. The fourth-order valence-electron chi connectivity index (χ4n) is 3.85. The number of fused-ring (bicyclic) bond motifs is 1. The van der Waals surface area contributed by atoms with Gasteiger partial charge < -0.3 is 20.4 Å². The van der Waals surface area contributed by atoms with Crippen LogP contribution in [-0.2, 0) is 11.2 Å². The highest BCUT2D eigenvalue weighted by Crippen LogP contribution is 2.29. The Morgan fingerprint density at radius 2 is 1.77 bits per heavy atom. The molecule has 10 heteroatoms. The SMILES string of the molecule is COc1cc(C(=O)NCCCCCCNC(=O)CS)ccc1Cc1c[nH]c2ccc([N+](=O)[O-])cc12. The van der Waals surface area contributed by atoms with Crippen molar-refractivity contribution in [2.24, 2.45) is 0 Å². The number of non-ortho nitro benzene ring substituents is 1. The first-order chi connectivity index (χ1) is 16.9. The first kappa shape index (κ1) is 26.1. The van der Waals surface area contributed by atoms with E-state index in [-0.39, 0.29) is 23.3 Å².